The fraction of sp³-hybridized carbons (Fsp3) is 0.200. The van der Waals surface area contributed by atoms with E-state index in [0.717, 1.165) is 34.9 Å². The van der Waals surface area contributed by atoms with Gasteiger partial charge in [0, 0.05) is 16.6 Å². The number of primary amides is 1. The highest BCUT2D eigenvalue weighted by molar-refractivity contribution is 6.05. The Labute approximate surface area is 167 Å². The van der Waals surface area contributed by atoms with E-state index in [1.807, 2.05) is 0 Å². The van der Waals surface area contributed by atoms with Crippen molar-refractivity contribution in [2.45, 2.75) is 26.1 Å². The number of nitrogens with zero attached hydrogens (tertiary/aromatic N) is 1. The molecule has 0 saturated carbocycles. The summed E-state index contributed by atoms with van der Waals surface area (Å²) in [7, 11) is 0. The number of phenolic OH excluding ortho intramolecular Hbond substituents is 1. The van der Waals surface area contributed by atoms with Crippen molar-refractivity contribution in [2.24, 2.45) is 5.73 Å². The van der Waals surface area contributed by atoms with Crippen molar-refractivity contribution >= 4 is 22.7 Å². The van der Waals surface area contributed by atoms with Crippen molar-refractivity contribution in [2.75, 3.05) is 0 Å². The molecule has 2 aromatic carbocycles. The summed E-state index contributed by atoms with van der Waals surface area (Å²) < 4.78 is 56.6. The van der Waals surface area contributed by atoms with Gasteiger partial charge in [-0.2, -0.15) is 0 Å². The Morgan fingerprint density at radius 3 is 2.27 bits per heavy atom. The summed E-state index contributed by atoms with van der Waals surface area (Å²) in [5.74, 6) is -4.60. The van der Waals surface area contributed by atoms with E-state index in [9.17, 15) is 32.3 Å². The van der Waals surface area contributed by atoms with Gasteiger partial charge >= 0.3 is 6.36 Å². The van der Waals surface area contributed by atoms with Crippen LogP contribution in [0.25, 0.3) is 10.9 Å². The number of amides is 1. The first-order chi connectivity index (χ1) is 13.9. The standard InChI is InChI=1S/C20H16F4N2O4/c1-9(18(25)28)15-10(2)26(13-7-8-14(27)17(21)16(13)15)19(29)11-3-5-12(6-4-11)30-20(22,23)24/h3-9,27H,1-2H3,(H2,25,28)/t9-/m0/s1. The molecule has 1 amide bonds. The van der Waals surface area contributed by atoms with Gasteiger partial charge in [-0.05, 0) is 55.8 Å². The first-order valence-corrected chi connectivity index (χ1v) is 8.64. The Bertz CT molecular complexity index is 1150. The minimum absolute atomic E-state index is 0.00344. The number of aromatic hydroxyl groups is 1. The number of phenols is 1. The molecule has 1 atom stereocenters. The molecule has 3 aromatic rings. The lowest BCUT2D eigenvalue weighted by molar-refractivity contribution is -0.274. The Kier molecular flexibility index (Phi) is 5.19. The van der Waals surface area contributed by atoms with Crippen LogP contribution < -0.4 is 10.5 Å². The maximum Gasteiger partial charge on any atom is 0.573 e. The van der Waals surface area contributed by atoms with Crippen LogP contribution in [0.15, 0.2) is 36.4 Å². The van der Waals surface area contributed by atoms with Crippen LogP contribution in [-0.2, 0) is 4.79 Å². The van der Waals surface area contributed by atoms with E-state index in [0.29, 0.717) is 0 Å². The number of hydrogen-bond acceptors (Lipinski definition) is 4. The summed E-state index contributed by atoms with van der Waals surface area (Å²) in [6, 6.07) is 6.56. The van der Waals surface area contributed by atoms with Crippen LogP contribution in [0.4, 0.5) is 17.6 Å². The Morgan fingerprint density at radius 2 is 1.73 bits per heavy atom. The molecule has 0 unspecified atom stereocenters. The van der Waals surface area contributed by atoms with Gasteiger partial charge in [0.15, 0.2) is 11.6 Å². The maximum absolute atomic E-state index is 14.7. The van der Waals surface area contributed by atoms with Crippen molar-refractivity contribution in [3.05, 3.63) is 59.0 Å². The van der Waals surface area contributed by atoms with Crippen LogP contribution in [-0.4, -0.2) is 27.9 Å². The number of fused-ring (bicyclic) bond motifs is 1. The number of alkyl halides is 3. The average molecular weight is 424 g/mol. The van der Waals surface area contributed by atoms with E-state index in [1.54, 1.807) is 0 Å². The monoisotopic (exact) mass is 424 g/mol. The van der Waals surface area contributed by atoms with Gasteiger partial charge in [0.1, 0.15) is 5.75 Å². The molecule has 0 aliphatic heterocycles. The molecule has 0 bridgehead atoms. The second-order valence-electron chi connectivity index (χ2n) is 6.63. The first kappa shape index (κ1) is 21.2. The van der Waals surface area contributed by atoms with Crippen molar-refractivity contribution < 1.29 is 37.0 Å². The molecule has 3 rings (SSSR count). The van der Waals surface area contributed by atoms with Crippen LogP contribution in [0.3, 0.4) is 0 Å². The van der Waals surface area contributed by atoms with Gasteiger partial charge in [-0.25, -0.2) is 4.39 Å². The molecule has 0 radical (unpaired) electrons. The highest BCUT2D eigenvalue weighted by Crippen LogP contribution is 2.37. The molecule has 158 valence electrons. The third kappa shape index (κ3) is 3.68. The van der Waals surface area contributed by atoms with E-state index >= 15 is 0 Å². The zero-order chi connectivity index (χ0) is 22.4. The fourth-order valence-electron chi connectivity index (χ4n) is 3.34. The normalized spacial score (nSPS) is 12.7. The third-order valence-corrected chi connectivity index (χ3v) is 4.73. The predicted octanol–water partition coefficient (Wildman–Crippen LogP) is 3.97. The number of benzene rings is 2. The fourth-order valence-corrected chi connectivity index (χ4v) is 3.34. The number of carbonyl (C=O) groups is 2. The van der Waals surface area contributed by atoms with Crippen LogP contribution in [0.2, 0.25) is 0 Å². The molecule has 1 aromatic heterocycles. The van der Waals surface area contributed by atoms with Gasteiger partial charge in [0.2, 0.25) is 5.91 Å². The molecule has 10 heteroatoms. The summed E-state index contributed by atoms with van der Waals surface area (Å²) >= 11 is 0. The molecule has 6 nitrogen and oxygen atoms in total. The lowest BCUT2D eigenvalue weighted by Crippen LogP contribution is -2.20. The second kappa shape index (κ2) is 7.36. The zero-order valence-electron chi connectivity index (χ0n) is 15.7. The summed E-state index contributed by atoms with van der Waals surface area (Å²) in [6.07, 6.45) is -4.88. The molecule has 1 heterocycles. The number of carbonyl (C=O) groups excluding carboxylic acids is 2. The van der Waals surface area contributed by atoms with Gasteiger partial charge in [-0.15, -0.1) is 13.2 Å². The topological polar surface area (TPSA) is 94.5 Å². The van der Waals surface area contributed by atoms with Crippen LogP contribution >= 0.6 is 0 Å². The smallest absolute Gasteiger partial charge is 0.505 e. The minimum atomic E-state index is -4.88. The van der Waals surface area contributed by atoms with Crippen molar-refractivity contribution in [1.29, 1.82) is 0 Å². The van der Waals surface area contributed by atoms with E-state index < -0.39 is 41.4 Å². The van der Waals surface area contributed by atoms with Gasteiger partial charge in [-0.3, -0.25) is 14.2 Å². The summed E-state index contributed by atoms with van der Waals surface area (Å²) in [4.78, 5) is 24.8. The lowest BCUT2D eigenvalue weighted by atomic mass is 9.97. The van der Waals surface area contributed by atoms with E-state index in [2.05, 4.69) is 4.74 Å². The molecule has 0 spiro atoms. The molecular weight excluding hydrogens is 408 g/mol. The molecule has 0 aliphatic rings. The number of rotatable bonds is 4. The number of hydrogen-bond donors (Lipinski definition) is 2. The largest absolute Gasteiger partial charge is 0.573 e. The quantitative estimate of drug-likeness (QED) is 0.620. The molecule has 0 aliphatic carbocycles. The molecule has 3 N–H and O–H groups in total. The Morgan fingerprint density at radius 1 is 1.13 bits per heavy atom. The van der Waals surface area contributed by atoms with Crippen molar-refractivity contribution in [1.82, 2.24) is 4.57 Å². The summed E-state index contributed by atoms with van der Waals surface area (Å²) in [5.41, 5.74) is 5.77. The maximum atomic E-state index is 14.7. The summed E-state index contributed by atoms with van der Waals surface area (Å²) in [6.45, 7) is 2.91. The van der Waals surface area contributed by atoms with Crippen LogP contribution in [0, 0.1) is 12.7 Å². The van der Waals surface area contributed by atoms with E-state index in [-0.39, 0.29) is 27.7 Å². The summed E-state index contributed by atoms with van der Waals surface area (Å²) in [5, 5.41) is 9.62. The Hall–Kier alpha value is -3.56. The Balaban J connectivity index is 2.16. The number of aromatic nitrogens is 1. The number of halogens is 4. The second-order valence-corrected chi connectivity index (χ2v) is 6.63. The SMILES string of the molecule is Cc1c([C@H](C)C(N)=O)c2c(F)c(O)ccc2n1C(=O)c1ccc(OC(F)(F)F)cc1. The van der Waals surface area contributed by atoms with Gasteiger partial charge in [0.25, 0.3) is 5.91 Å². The average Bonchev–Trinajstić information content (AvgIpc) is 2.95. The highest BCUT2D eigenvalue weighted by atomic mass is 19.4. The number of ether oxygens (including phenoxy) is 1. The molecule has 30 heavy (non-hydrogen) atoms. The van der Waals surface area contributed by atoms with Gasteiger partial charge < -0.3 is 15.6 Å². The highest BCUT2D eigenvalue weighted by Gasteiger charge is 2.31. The van der Waals surface area contributed by atoms with Crippen molar-refractivity contribution in [3.8, 4) is 11.5 Å². The third-order valence-electron chi connectivity index (χ3n) is 4.73. The van der Waals surface area contributed by atoms with Crippen LogP contribution in [0.1, 0.15) is 34.5 Å². The molecular formula is C20H16F4N2O4. The van der Waals surface area contributed by atoms with E-state index in [4.69, 9.17) is 5.73 Å². The van der Waals surface area contributed by atoms with E-state index in [1.165, 1.54) is 19.9 Å². The molecule has 0 saturated heterocycles. The van der Waals surface area contributed by atoms with Crippen LogP contribution in [0.5, 0.6) is 11.5 Å². The van der Waals surface area contributed by atoms with Crippen molar-refractivity contribution in [3.63, 3.8) is 0 Å². The first-order valence-electron chi connectivity index (χ1n) is 8.64. The van der Waals surface area contributed by atoms with Gasteiger partial charge in [-0.1, -0.05) is 0 Å². The number of nitrogens with two attached hydrogens (primary N) is 1. The lowest BCUT2D eigenvalue weighted by Gasteiger charge is -2.11. The molecule has 0 fully saturated rings. The minimum Gasteiger partial charge on any atom is -0.505 e. The predicted molar refractivity (Wildman–Crippen MR) is 98.8 cm³/mol. The van der Waals surface area contributed by atoms with Gasteiger partial charge in [0.05, 0.1) is 11.4 Å². The zero-order valence-corrected chi connectivity index (χ0v) is 15.7.